The van der Waals surface area contributed by atoms with Crippen molar-refractivity contribution in [2.24, 2.45) is 4.99 Å². The number of urea groups is 1. The third-order valence-corrected chi connectivity index (χ3v) is 5.31. The normalized spacial score (nSPS) is 11.1. The summed E-state index contributed by atoms with van der Waals surface area (Å²) in [6.07, 6.45) is 0.925. The highest BCUT2D eigenvalue weighted by atomic mass is 79.9. The van der Waals surface area contributed by atoms with Crippen LogP contribution in [0.5, 0.6) is 5.88 Å². The van der Waals surface area contributed by atoms with Crippen molar-refractivity contribution < 1.29 is 9.90 Å². The molecule has 0 unspecified atom stereocenters. The first-order valence-electron chi connectivity index (χ1n) is 8.94. The van der Waals surface area contributed by atoms with Gasteiger partial charge >= 0.3 is 11.7 Å². The van der Waals surface area contributed by atoms with Gasteiger partial charge < -0.3 is 10.4 Å². The number of benzene rings is 2. The van der Waals surface area contributed by atoms with Gasteiger partial charge in [0.1, 0.15) is 5.56 Å². The SMILES string of the molecule is Cc1ccc(NC(=O)N=Cc2c(O)n(-c3cc(C)c(Br)cc3C)c(=O)[nH]c2=O)cc1. The molecule has 0 atom stereocenters. The van der Waals surface area contributed by atoms with E-state index in [-0.39, 0.29) is 5.56 Å². The lowest BCUT2D eigenvalue weighted by atomic mass is 10.1. The van der Waals surface area contributed by atoms with Crippen LogP contribution < -0.4 is 16.6 Å². The summed E-state index contributed by atoms with van der Waals surface area (Å²) in [5.74, 6) is -0.611. The summed E-state index contributed by atoms with van der Waals surface area (Å²) < 4.78 is 1.81. The molecule has 154 valence electrons. The molecule has 3 rings (SSSR count). The van der Waals surface area contributed by atoms with Crippen LogP contribution in [0.1, 0.15) is 22.3 Å². The molecular weight excluding hydrogens is 452 g/mol. The second-order valence-corrected chi connectivity index (χ2v) is 7.63. The van der Waals surface area contributed by atoms with E-state index in [0.29, 0.717) is 16.9 Å². The molecule has 1 heterocycles. The number of carbonyl (C=O) groups is 1. The first-order chi connectivity index (χ1) is 14.2. The van der Waals surface area contributed by atoms with Gasteiger partial charge in [-0.25, -0.2) is 19.1 Å². The molecule has 3 aromatic rings. The highest BCUT2D eigenvalue weighted by molar-refractivity contribution is 9.10. The van der Waals surface area contributed by atoms with E-state index in [1.54, 1.807) is 31.2 Å². The zero-order chi connectivity index (χ0) is 22.0. The number of aromatic hydroxyl groups is 1. The third kappa shape index (κ3) is 4.41. The summed E-state index contributed by atoms with van der Waals surface area (Å²) in [5.41, 5.74) is 1.52. The second-order valence-electron chi connectivity index (χ2n) is 6.77. The van der Waals surface area contributed by atoms with Crippen LogP contribution in [0.4, 0.5) is 10.5 Å². The predicted molar refractivity (Wildman–Crippen MR) is 119 cm³/mol. The molecule has 0 saturated carbocycles. The Morgan fingerprint density at radius 3 is 2.47 bits per heavy atom. The Bertz CT molecular complexity index is 1270. The van der Waals surface area contributed by atoms with Crippen molar-refractivity contribution >= 4 is 33.9 Å². The number of nitrogens with zero attached hydrogens (tertiary/aromatic N) is 2. The van der Waals surface area contributed by atoms with Gasteiger partial charge in [0.05, 0.1) is 11.9 Å². The average Bonchev–Trinajstić information content (AvgIpc) is 2.67. The summed E-state index contributed by atoms with van der Waals surface area (Å²) >= 11 is 3.41. The summed E-state index contributed by atoms with van der Waals surface area (Å²) in [6.45, 7) is 5.51. The van der Waals surface area contributed by atoms with E-state index in [1.807, 2.05) is 26.0 Å². The number of anilines is 1. The number of aromatic amines is 1. The monoisotopic (exact) mass is 470 g/mol. The lowest BCUT2D eigenvalue weighted by Gasteiger charge is -2.13. The van der Waals surface area contributed by atoms with E-state index in [1.165, 1.54) is 0 Å². The number of carbonyl (C=O) groups excluding carboxylic acids is 1. The van der Waals surface area contributed by atoms with Crippen molar-refractivity contribution in [2.45, 2.75) is 20.8 Å². The summed E-state index contributed by atoms with van der Waals surface area (Å²) in [4.78, 5) is 42.5. The Morgan fingerprint density at radius 1 is 1.13 bits per heavy atom. The topological polar surface area (TPSA) is 117 Å². The minimum atomic E-state index is -0.855. The Labute approximate surface area is 180 Å². The molecule has 3 N–H and O–H groups in total. The van der Waals surface area contributed by atoms with Crippen LogP contribution in [0.2, 0.25) is 0 Å². The number of aryl methyl sites for hydroxylation is 3. The van der Waals surface area contributed by atoms with Crippen LogP contribution >= 0.6 is 15.9 Å². The number of halogens is 1. The maximum atomic E-state index is 12.4. The van der Waals surface area contributed by atoms with Gasteiger partial charge in [-0.05, 0) is 56.2 Å². The number of amides is 2. The van der Waals surface area contributed by atoms with Gasteiger partial charge in [0.25, 0.3) is 5.56 Å². The molecule has 0 spiro atoms. The molecule has 0 radical (unpaired) electrons. The van der Waals surface area contributed by atoms with Crippen molar-refractivity contribution in [3.63, 3.8) is 0 Å². The van der Waals surface area contributed by atoms with E-state index in [0.717, 1.165) is 26.4 Å². The maximum absolute atomic E-state index is 12.4. The van der Waals surface area contributed by atoms with E-state index in [2.05, 4.69) is 31.2 Å². The molecule has 9 heteroatoms. The fourth-order valence-corrected chi connectivity index (χ4v) is 3.26. The quantitative estimate of drug-likeness (QED) is 0.507. The number of H-pyrrole nitrogens is 1. The van der Waals surface area contributed by atoms with Crippen LogP contribution in [-0.4, -0.2) is 26.9 Å². The minimum absolute atomic E-state index is 0.311. The molecule has 0 aliphatic carbocycles. The summed E-state index contributed by atoms with van der Waals surface area (Å²) in [5, 5.41) is 13.2. The van der Waals surface area contributed by atoms with Gasteiger partial charge in [-0.15, -0.1) is 0 Å². The average molecular weight is 471 g/mol. The minimum Gasteiger partial charge on any atom is -0.493 e. The Hall–Kier alpha value is -3.46. The van der Waals surface area contributed by atoms with Gasteiger partial charge in [-0.1, -0.05) is 33.6 Å². The molecular formula is C21H19BrN4O4. The molecule has 0 bridgehead atoms. The molecule has 2 amide bonds. The van der Waals surface area contributed by atoms with Crippen LogP contribution in [-0.2, 0) is 0 Å². The van der Waals surface area contributed by atoms with E-state index in [4.69, 9.17) is 0 Å². The fourth-order valence-electron chi connectivity index (χ4n) is 2.80. The van der Waals surface area contributed by atoms with Crippen molar-refractivity contribution in [2.75, 3.05) is 5.32 Å². The van der Waals surface area contributed by atoms with Crippen molar-refractivity contribution in [3.05, 3.63) is 84.0 Å². The van der Waals surface area contributed by atoms with Crippen LogP contribution in [0.3, 0.4) is 0 Å². The number of aliphatic imine (C=N–C) groups is 1. The van der Waals surface area contributed by atoms with Crippen molar-refractivity contribution in [1.82, 2.24) is 9.55 Å². The van der Waals surface area contributed by atoms with E-state index >= 15 is 0 Å². The number of nitrogens with one attached hydrogen (secondary N) is 2. The van der Waals surface area contributed by atoms with Gasteiger partial charge in [-0.3, -0.25) is 9.78 Å². The van der Waals surface area contributed by atoms with Crippen molar-refractivity contribution in [1.29, 1.82) is 0 Å². The zero-order valence-electron chi connectivity index (χ0n) is 16.5. The third-order valence-electron chi connectivity index (χ3n) is 4.45. The molecule has 0 saturated heterocycles. The smallest absolute Gasteiger partial charge is 0.345 e. The molecule has 8 nitrogen and oxygen atoms in total. The summed E-state index contributed by atoms with van der Waals surface area (Å²) in [7, 11) is 0. The van der Waals surface area contributed by atoms with Gasteiger partial charge in [0.2, 0.25) is 5.88 Å². The predicted octanol–water partition coefficient (Wildman–Crippen LogP) is 3.57. The second kappa shape index (κ2) is 8.50. The van der Waals surface area contributed by atoms with Crippen LogP contribution in [0.15, 0.2) is 55.5 Å². The van der Waals surface area contributed by atoms with Gasteiger partial charge in [0.15, 0.2) is 0 Å². The van der Waals surface area contributed by atoms with Gasteiger partial charge in [-0.2, -0.15) is 0 Å². The molecule has 0 aliphatic rings. The molecule has 30 heavy (non-hydrogen) atoms. The Morgan fingerprint density at radius 2 is 1.80 bits per heavy atom. The first kappa shape index (κ1) is 21.3. The van der Waals surface area contributed by atoms with Gasteiger partial charge in [0, 0.05) is 10.2 Å². The lowest BCUT2D eigenvalue weighted by Crippen LogP contribution is -2.31. The van der Waals surface area contributed by atoms with Crippen LogP contribution in [0.25, 0.3) is 5.69 Å². The maximum Gasteiger partial charge on any atom is 0.345 e. The number of hydrogen-bond acceptors (Lipinski definition) is 4. The molecule has 0 fully saturated rings. The largest absolute Gasteiger partial charge is 0.493 e. The standard InChI is InChI=1S/C21H19BrN4O4/c1-11-4-6-14(7-5-11)24-20(29)23-10-15-18(27)25-21(30)26(19(15)28)17-9-12(2)16(22)8-13(17)3/h4-10,28H,1-3H3,(H,24,29)(H,25,27,30). The van der Waals surface area contributed by atoms with Crippen molar-refractivity contribution in [3.8, 4) is 11.6 Å². The Kier molecular flexibility index (Phi) is 6.02. The molecule has 2 aromatic carbocycles. The van der Waals surface area contributed by atoms with E-state index < -0.39 is 23.2 Å². The molecule has 1 aromatic heterocycles. The molecule has 0 aliphatic heterocycles. The zero-order valence-corrected chi connectivity index (χ0v) is 18.1. The highest BCUT2D eigenvalue weighted by Crippen LogP contribution is 2.25. The fraction of sp³-hybridized carbons (Fsp3) is 0.143. The highest BCUT2D eigenvalue weighted by Gasteiger charge is 2.17. The lowest BCUT2D eigenvalue weighted by molar-refractivity contribution is 0.259. The number of hydrogen-bond donors (Lipinski definition) is 3. The number of aromatic nitrogens is 2. The number of rotatable bonds is 3. The first-order valence-corrected chi connectivity index (χ1v) is 9.74. The van der Waals surface area contributed by atoms with Crippen LogP contribution in [0, 0.1) is 20.8 Å². The van der Waals surface area contributed by atoms with E-state index in [9.17, 15) is 19.5 Å². The summed E-state index contributed by atoms with van der Waals surface area (Å²) in [6, 6.07) is 9.85. The Balaban J connectivity index is 1.99.